The molecule has 0 amide bonds. The fraction of sp³-hybridized carbons (Fsp3) is 0. The van der Waals surface area contributed by atoms with Crippen LogP contribution in [0.1, 0.15) is 0 Å². The van der Waals surface area contributed by atoms with E-state index >= 15 is 0 Å². The minimum Gasteiger partial charge on any atom is -0.207 e. The normalized spacial score (nSPS) is 9.40. The van der Waals surface area contributed by atoms with Crippen LogP contribution in [-0.2, 0) is 0 Å². The van der Waals surface area contributed by atoms with Crippen LogP contribution in [0.15, 0.2) is 22.7 Å². The number of hydrogen-bond donors (Lipinski definition) is 1. The summed E-state index contributed by atoms with van der Waals surface area (Å²) >= 11 is 3.06. The molecular weight excluding hydrogens is 201 g/mol. The number of halogens is 2. The molecule has 0 unspecified atom stereocenters. The Labute approximate surface area is 65.2 Å². The maximum atomic E-state index is 12.3. The second-order valence-electron chi connectivity index (χ2n) is 1.73. The Morgan fingerprint density at radius 2 is 2.20 bits per heavy atom. The maximum Gasteiger partial charge on any atom is 0.270 e. The highest BCUT2D eigenvalue weighted by Gasteiger charge is 2.05. The SMILES string of the molecule is O=[NH+]c1cc(F)ccc1Br. The Morgan fingerprint density at radius 3 is 2.70 bits per heavy atom. The summed E-state index contributed by atoms with van der Waals surface area (Å²) in [6.45, 7) is 0. The first-order chi connectivity index (χ1) is 4.74. The van der Waals surface area contributed by atoms with Gasteiger partial charge in [-0.05, 0) is 28.1 Å². The highest BCUT2D eigenvalue weighted by Crippen LogP contribution is 2.17. The van der Waals surface area contributed by atoms with E-state index in [1.54, 1.807) is 5.18 Å². The molecule has 0 fully saturated rings. The molecule has 2 nitrogen and oxygen atoms in total. The third-order valence-corrected chi connectivity index (χ3v) is 1.73. The van der Waals surface area contributed by atoms with Crippen molar-refractivity contribution >= 4 is 21.6 Å². The van der Waals surface area contributed by atoms with Crippen LogP contribution in [0.2, 0.25) is 0 Å². The van der Waals surface area contributed by atoms with Gasteiger partial charge in [-0.1, -0.05) is 0 Å². The van der Waals surface area contributed by atoms with Gasteiger partial charge < -0.3 is 0 Å². The van der Waals surface area contributed by atoms with Crippen molar-refractivity contribution in [1.29, 1.82) is 0 Å². The fourth-order valence-electron chi connectivity index (χ4n) is 0.576. The molecule has 1 rings (SSSR count). The van der Waals surface area contributed by atoms with E-state index in [1.807, 2.05) is 0 Å². The molecule has 0 bridgehead atoms. The van der Waals surface area contributed by atoms with Gasteiger partial charge in [-0.2, -0.15) is 0 Å². The van der Waals surface area contributed by atoms with Crippen molar-refractivity contribution in [2.24, 2.45) is 0 Å². The average molecular weight is 205 g/mol. The van der Waals surface area contributed by atoms with E-state index < -0.39 is 5.82 Å². The first-order valence-electron chi connectivity index (χ1n) is 2.57. The van der Waals surface area contributed by atoms with Gasteiger partial charge in [-0.15, -0.1) is 0 Å². The van der Waals surface area contributed by atoms with Crippen LogP contribution in [0.3, 0.4) is 0 Å². The van der Waals surface area contributed by atoms with E-state index in [0.717, 1.165) is 6.07 Å². The summed E-state index contributed by atoms with van der Waals surface area (Å²) in [6, 6.07) is 3.86. The second-order valence-corrected chi connectivity index (χ2v) is 2.58. The Hall–Kier alpha value is -0.770. The second kappa shape index (κ2) is 2.88. The minimum atomic E-state index is -0.429. The summed E-state index contributed by atoms with van der Waals surface area (Å²) in [6.07, 6.45) is 0. The summed E-state index contributed by atoms with van der Waals surface area (Å²) in [5.74, 6) is -0.429. The van der Waals surface area contributed by atoms with E-state index in [0.29, 0.717) is 4.47 Å². The molecule has 1 aromatic carbocycles. The summed E-state index contributed by atoms with van der Waals surface area (Å²) < 4.78 is 12.9. The van der Waals surface area contributed by atoms with Crippen LogP contribution in [0.5, 0.6) is 0 Å². The van der Waals surface area contributed by atoms with Gasteiger partial charge in [-0.25, -0.2) is 4.39 Å². The molecule has 0 atom stereocenters. The minimum absolute atomic E-state index is 0.208. The monoisotopic (exact) mass is 204 g/mol. The van der Waals surface area contributed by atoms with Gasteiger partial charge in [0.1, 0.15) is 5.82 Å². The molecule has 10 heavy (non-hydrogen) atoms. The summed E-state index contributed by atoms with van der Waals surface area (Å²) in [5, 5.41) is 1.60. The number of rotatable bonds is 1. The molecule has 0 radical (unpaired) electrons. The van der Waals surface area contributed by atoms with Crippen LogP contribution in [-0.4, -0.2) is 0 Å². The molecule has 4 heteroatoms. The standard InChI is InChI=1S/C6H3BrFNO/c7-5-2-1-4(8)3-6(5)9-10/h1-3H/p+1. The Kier molecular flexibility index (Phi) is 2.11. The van der Waals surface area contributed by atoms with Crippen LogP contribution in [0.4, 0.5) is 10.1 Å². The quantitative estimate of drug-likeness (QED) is 0.730. The van der Waals surface area contributed by atoms with Gasteiger partial charge in [0.2, 0.25) is 0 Å². The van der Waals surface area contributed by atoms with Crippen LogP contribution in [0, 0.1) is 10.7 Å². The van der Waals surface area contributed by atoms with Gasteiger partial charge >= 0.3 is 0 Å². The van der Waals surface area contributed by atoms with Gasteiger partial charge in [0, 0.05) is 10.1 Å². The largest absolute Gasteiger partial charge is 0.270 e. The van der Waals surface area contributed by atoms with Gasteiger partial charge in [0.05, 0.1) is 10.5 Å². The van der Waals surface area contributed by atoms with Crippen LogP contribution < -0.4 is 5.18 Å². The first-order valence-corrected chi connectivity index (χ1v) is 3.36. The van der Waals surface area contributed by atoms with Crippen LogP contribution >= 0.6 is 15.9 Å². The van der Waals surface area contributed by atoms with Crippen molar-refractivity contribution < 1.29 is 9.57 Å². The molecule has 0 aliphatic heterocycles. The Balaban J connectivity index is 3.21. The Morgan fingerprint density at radius 1 is 1.50 bits per heavy atom. The molecule has 0 spiro atoms. The van der Waals surface area contributed by atoms with Gasteiger partial charge in [-0.3, -0.25) is 0 Å². The van der Waals surface area contributed by atoms with Gasteiger partial charge in [0.15, 0.2) is 0 Å². The van der Waals surface area contributed by atoms with Crippen molar-refractivity contribution in [3.63, 3.8) is 0 Å². The lowest BCUT2D eigenvalue weighted by atomic mass is 10.3. The third kappa shape index (κ3) is 1.39. The van der Waals surface area contributed by atoms with Crippen LogP contribution in [0.25, 0.3) is 0 Å². The number of hydrogen-bond acceptors (Lipinski definition) is 1. The van der Waals surface area contributed by atoms with Gasteiger partial charge in [0.25, 0.3) is 5.69 Å². The topological polar surface area (TPSA) is 31.0 Å². The third-order valence-electron chi connectivity index (χ3n) is 1.04. The molecule has 0 aliphatic carbocycles. The summed E-state index contributed by atoms with van der Waals surface area (Å²) in [7, 11) is 0. The molecule has 0 saturated carbocycles. The predicted molar refractivity (Wildman–Crippen MR) is 38.1 cm³/mol. The number of benzene rings is 1. The molecule has 0 saturated heterocycles. The van der Waals surface area contributed by atoms with Crippen molar-refractivity contribution in [1.82, 2.24) is 0 Å². The van der Waals surface area contributed by atoms with E-state index in [-0.39, 0.29) is 5.69 Å². The lowest BCUT2D eigenvalue weighted by Crippen LogP contribution is -2.56. The molecule has 52 valence electrons. The Bertz CT molecular complexity index is 264. The van der Waals surface area contributed by atoms with E-state index in [9.17, 15) is 9.30 Å². The molecule has 0 aliphatic rings. The predicted octanol–water partition coefficient (Wildman–Crippen LogP) is 1.07. The van der Waals surface area contributed by atoms with E-state index in [4.69, 9.17) is 0 Å². The lowest BCUT2D eigenvalue weighted by molar-refractivity contribution is -0.380. The molecular formula is C6H4BrFNO+. The average Bonchev–Trinajstić information content (AvgIpc) is 1.94. The zero-order chi connectivity index (χ0) is 7.56. The zero-order valence-corrected chi connectivity index (χ0v) is 6.48. The number of nitroso groups, excluding NO2 is 1. The smallest absolute Gasteiger partial charge is 0.207 e. The highest BCUT2D eigenvalue weighted by molar-refractivity contribution is 9.10. The fourth-order valence-corrected chi connectivity index (χ4v) is 0.903. The summed E-state index contributed by atoms with van der Waals surface area (Å²) in [5.41, 5.74) is 0.208. The first kappa shape index (κ1) is 7.34. The number of nitrogens with one attached hydrogen (secondary N) is 1. The zero-order valence-electron chi connectivity index (χ0n) is 4.90. The maximum absolute atomic E-state index is 12.3. The summed E-state index contributed by atoms with van der Waals surface area (Å²) in [4.78, 5) is 10.1. The molecule has 1 aromatic rings. The van der Waals surface area contributed by atoms with E-state index in [1.165, 1.54) is 12.1 Å². The van der Waals surface area contributed by atoms with E-state index in [2.05, 4.69) is 15.9 Å². The van der Waals surface area contributed by atoms with Crippen molar-refractivity contribution in [2.45, 2.75) is 0 Å². The lowest BCUT2D eigenvalue weighted by Gasteiger charge is -1.87. The van der Waals surface area contributed by atoms with Crippen molar-refractivity contribution in [3.05, 3.63) is 33.4 Å². The van der Waals surface area contributed by atoms with Crippen molar-refractivity contribution in [2.75, 3.05) is 0 Å². The molecule has 1 N–H and O–H groups in total. The molecule has 0 heterocycles. The highest BCUT2D eigenvalue weighted by atomic mass is 79.9. The molecule has 0 aromatic heterocycles. The van der Waals surface area contributed by atoms with Crippen molar-refractivity contribution in [3.8, 4) is 0 Å².